The van der Waals surface area contributed by atoms with Crippen LogP contribution < -0.4 is 14.9 Å². The molecule has 0 aliphatic heterocycles. The molecule has 0 saturated heterocycles. The highest BCUT2D eigenvalue weighted by Crippen LogP contribution is 2.29. The first-order valence-electron chi connectivity index (χ1n) is 12.6. The Morgan fingerprint density at radius 2 is 1.60 bits per heavy atom. The minimum Gasteiger partial charge on any atom is -0.493 e. The molecule has 9 heteroatoms. The van der Waals surface area contributed by atoms with E-state index in [-0.39, 0.29) is 11.7 Å². The fourth-order valence-electron chi connectivity index (χ4n) is 3.91. The number of hydrogen-bond donors (Lipinski definition) is 1. The van der Waals surface area contributed by atoms with E-state index < -0.39 is 0 Å². The van der Waals surface area contributed by atoms with Crippen LogP contribution in [0, 0.1) is 0 Å². The lowest BCUT2D eigenvalue weighted by atomic mass is 10.2. The number of methoxy groups -OCH3 is 1. The maximum absolute atomic E-state index is 12.6. The minimum absolute atomic E-state index is 0.116. The molecule has 1 heterocycles. The van der Waals surface area contributed by atoms with Gasteiger partial charge < -0.3 is 9.47 Å². The van der Waals surface area contributed by atoms with Crippen molar-refractivity contribution in [3.05, 3.63) is 120 Å². The maximum atomic E-state index is 12.6. The summed E-state index contributed by atoms with van der Waals surface area (Å²) in [5.74, 6) is 1.76. The summed E-state index contributed by atoms with van der Waals surface area (Å²) in [7, 11) is 1.60. The van der Waals surface area contributed by atoms with Crippen LogP contribution in [0.5, 0.6) is 11.5 Å². The van der Waals surface area contributed by atoms with Gasteiger partial charge in [0.2, 0.25) is 0 Å². The van der Waals surface area contributed by atoms with E-state index in [0.29, 0.717) is 29.1 Å². The van der Waals surface area contributed by atoms with Gasteiger partial charge in [0.15, 0.2) is 22.5 Å². The number of aromatic nitrogens is 3. The minimum atomic E-state index is -0.265. The van der Waals surface area contributed by atoms with Gasteiger partial charge in [0, 0.05) is 11.3 Å². The number of rotatable bonds is 11. The second-order valence-electron chi connectivity index (χ2n) is 8.61. The van der Waals surface area contributed by atoms with Gasteiger partial charge in [0.25, 0.3) is 5.91 Å². The number of amides is 1. The summed E-state index contributed by atoms with van der Waals surface area (Å²) in [5.41, 5.74) is 6.24. The van der Waals surface area contributed by atoms with E-state index in [4.69, 9.17) is 9.47 Å². The van der Waals surface area contributed by atoms with Crippen LogP contribution in [-0.4, -0.2) is 39.7 Å². The second-order valence-corrected chi connectivity index (χ2v) is 9.55. The Morgan fingerprint density at radius 3 is 2.33 bits per heavy atom. The molecular formula is C31H27N5O3S. The van der Waals surface area contributed by atoms with Gasteiger partial charge in [-0.2, -0.15) is 5.10 Å². The zero-order chi connectivity index (χ0) is 27.6. The Bertz CT molecular complexity index is 1580. The van der Waals surface area contributed by atoms with E-state index >= 15 is 0 Å². The molecule has 40 heavy (non-hydrogen) atoms. The van der Waals surface area contributed by atoms with Gasteiger partial charge in [-0.15, -0.1) is 10.2 Å². The number of ether oxygens (including phenoxy) is 2. The molecule has 0 atom stereocenters. The largest absolute Gasteiger partial charge is 0.493 e. The van der Waals surface area contributed by atoms with Crippen molar-refractivity contribution in [3.63, 3.8) is 0 Å². The Morgan fingerprint density at radius 1 is 0.900 bits per heavy atom. The van der Waals surface area contributed by atoms with Crippen molar-refractivity contribution in [1.82, 2.24) is 20.2 Å². The highest BCUT2D eigenvalue weighted by molar-refractivity contribution is 7.99. The van der Waals surface area contributed by atoms with E-state index in [2.05, 4.69) is 20.7 Å². The maximum Gasteiger partial charge on any atom is 0.250 e. The zero-order valence-corrected chi connectivity index (χ0v) is 22.6. The molecule has 1 amide bonds. The van der Waals surface area contributed by atoms with Gasteiger partial charge >= 0.3 is 0 Å². The fourth-order valence-corrected chi connectivity index (χ4v) is 4.65. The Balaban J connectivity index is 1.23. The number of carbonyl (C=O) groups is 1. The zero-order valence-electron chi connectivity index (χ0n) is 21.8. The predicted molar refractivity (Wildman–Crippen MR) is 157 cm³/mol. The molecule has 200 valence electrons. The molecule has 0 aliphatic rings. The molecule has 0 fully saturated rings. The first-order chi connectivity index (χ1) is 19.7. The van der Waals surface area contributed by atoms with E-state index in [1.54, 1.807) is 19.4 Å². The monoisotopic (exact) mass is 549 g/mol. The SMILES string of the molecule is COc1ccc(/C=N\NC(=O)CSc2nnc(-c3ccccc3)n2-c2ccccc2)cc1OCc1ccccc1. The van der Waals surface area contributed by atoms with Crippen LogP contribution in [0.4, 0.5) is 0 Å². The van der Waals surface area contributed by atoms with E-state index in [0.717, 1.165) is 22.4 Å². The summed E-state index contributed by atoms with van der Waals surface area (Å²) in [6, 6.07) is 35.0. The molecule has 0 radical (unpaired) electrons. The van der Waals surface area contributed by atoms with Crippen molar-refractivity contribution in [2.75, 3.05) is 12.9 Å². The van der Waals surface area contributed by atoms with E-state index in [1.165, 1.54) is 11.8 Å². The van der Waals surface area contributed by atoms with E-state index in [9.17, 15) is 4.79 Å². The summed E-state index contributed by atoms with van der Waals surface area (Å²) < 4.78 is 13.3. The molecule has 1 N–H and O–H groups in total. The van der Waals surface area contributed by atoms with Gasteiger partial charge in [-0.3, -0.25) is 9.36 Å². The molecule has 5 aromatic rings. The third-order valence-corrected chi connectivity index (χ3v) is 6.77. The second kappa shape index (κ2) is 13.3. The van der Waals surface area contributed by atoms with Crippen LogP contribution in [0.2, 0.25) is 0 Å². The van der Waals surface area contributed by atoms with Gasteiger partial charge in [-0.05, 0) is 41.5 Å². The quantitative estimate of drug-likeness (QED) is 0.128. The third-order valence-electron chi connectivity index (χ3n) is 5.84. The van der Waals surface area contributed by atoms with Crippen LogP contribution >= 0.6 is 11.8 Å². The Hall–Kier alpha value is -4.89. The van der Waals surface area contributed by atoms with Crippen LogP contribution in [0.25, 0.3) is 17.1 Å². The number of hydrazone groups is 1. The molecule has 8 nitrogen and oxygen atoms in total. The summed E-state index contributed by atoms with van der Waals surface area (Å²) in [6.07, 6.45) is 1.57. The lowest BCUT2D eigenvalue weighted by Gasteiger charge is -2.11. The fraction of sp³-hybridized carbons (Fsp3) is 0.0968. The predicted octanol–water partition coefficient (Wildman–Crippen LogP) is 5.76. The molecule has 5 rings (SSSR count). The summed E-state index contributed by atoms with van der Waals surface area (Å²) >= 11 is 1.29. The number of carbonyl (C=O) groups excluding carboxylic acids is 1. The first-order valence-corrected chi connectivity index (χ1v) is 13.6. The molecule has 0 bridgehead atoms. The third kappa shape index (κ3) is 6.75. The number of nitrogens with one attached hydrogen (secondary N) is 1. The molecule has 0 saturated carbocycles. The normalized spacial score (nSPS) is 10.9. The molecule has 0 aliphatic carbocycles. The summed E-state index contributed by atoms with van der Waals surface area (Å²) in [5, 5.41) is 13.5. The van der Waals surface area contributed by atoms with Gasteiger partial charge in [-0.25, -0.2) is 5.43 Å². The first kappa shape index (κ1) is 26.7. The van der Waals surface area contributed by atoms with E-state index in [1.807, 2.05) is 108 Å². The van der Waals surface area contributed by atoms with Crippen LogP contribution in [0.3, 0.4) is 0 Å². The van der Waals surface area contributed by atoms with Crippen molar-refractivity contribution in [3.8, 4) is 28.6 Å². The van der Waals surface area contributed by atoms with Crippen LogP contribution in [0.1, 0.15) is 11.1 Å². The topological polar surface area (TPSA) is 90.6 Å². The average Bonchev–Trinajstić information content (AvgIpc) is 3.44. The number of thioether (sulfide) groups is 1. The number of benzene rings is 4. The molecular weight excluding hydrogens is 522 g/mol. The Labute approximate surface area is 236 Å². The van der Waals surface area contributed by atoms with Crippen molar-refractivity contribution in [2.24, 2.45) is 5.10 Å². The number of para-hydroxylation sites is 1. The highest BCUT2D eigenvalue weighted by Gasteiger charge is 2.17. The number of nitrogens with zero attached hydrogens (tertiary/aromatic N) is 4. The highest BCUT2D eigenvalue weighted by atomic mass is 32.2. The van der Waals surface area contributed by atoms with Crippen molar-refractivity contribution < 1.29 is 14.3 Å². The van der Waals surface area contributed by atoms with Crippen molar-refractivity contribution >= 4 is 23.9 Å². The van der Waals surface area contributed by atoms with Gasteiger partial charge in [-0.1, -0.05) is 90.6 Å². The van der Waals surface area contributed by atoms with Crippen molar-refractivity contribution in [2.45, 2.75) is 11.8 Å². The molecule has 0 unspecified atom stereocenters. The molecule has 1 aromatic heterocycles. The smallest absolute Gasteiger partial charge is 0.250 e. The van der Waals surface area contributed by atoms with Gasteiger partial charge in [0.1, 0.15) is 6.61 Å². The average molecular weight is 550 g/mol. The molecule has 0 spiro atoms. The standard InChI is InChI=1S/C31H27N5O3S/c1-38-27-18-17-24(19-28(27)39-21-23-11-5-2-6-12-23)20-32-33-29(37)22-40-31-35-34-30(25-13-7-3-8-14-25)36(31)26-15-9-4-10-16-26/h2-20H,21-22H2,1H3,(H,33,37)/b32-20-. The lowest BCUT2D eigenvalue weighted by molar-refractivity contribution is -0.118. The summed E-state index contributed by atoms with van der Waals surface area (Å²) in [4.78, 5) is 12.6. The summed E-state index contributed by atoms with van der Waals surface area (Å²) in [6.45, 7) is 0.408. The lowest BCUT2D eigenvalue weighted by Crippen LogP contribution is -2.20. The number of hydrogen-bond acceptors (Lipinski definition) is 7. The van der Waals surface area contributed by atoms with Crippen LogP contribution in [-0.2, 0) is 11.4 Å². The van der Waals surface area contributed by atoms with Crippen molar-refractivity contribution in [1.29, 1.82) is 0 Å². The van der Waals surface area contributed by atoms with Crippen LogP contribution in [0.15, 0.2) is 119 Å². The van der Waals surface area contributed by atoms with Gasteiger partial charge in [0.05, 0.1) is 19.1 Å². The molecule has 4 aromatic carbocycles. The Kier molecular flexibility index (Phi) is 8.85.